The maximum atomic E-state index is 13.7. The van der Waals surface area contributed by atoms with Crippen LogP contribution in [0.3, 0.4) is 0 Å². The SMILES string of the molecule is Cn1c(CS(=O)C23CC4CC(CC(C4)C2)C3)cc2c(CN=C(N)N)c(O)c(Br)cc21. The number of benzene rings is 1. The number of rotatable bonds is 5. The van der Waals surface area contributed by atoms with Crippen molar-refractivity contribution in [1.82, 2.24) is 4.57 Å². The van der Waals surface area contributed by atoms with Crippen LogP contribution >= 0.6 is 15.9 Å². The Labute approximate surface area is 187 Å². The molecule has 2 aromatic rings. The molecule has 8 heteroatoms. The second-order valence-corrected chi connectivity index (χ2v) is 12.3. The summed E-state index contributed by atoms with van der Waals surface area (Å²) in [7, 11) is 1.10. The van der Waals surface area contributed by atoms with Gasteiger partial charge < -0.3 is 21.1 Å². The third kappa shape index (κ3) is 3.27. The molecule has 0 spiro atoms. The Morgan fingerprint density at radius 2 is 1.83 bits per heavy atom. The number of aryl methyl sites for hydroxylation is 1. The van der Waals surface area contributed by atoms with Gasteiger partial charge in [-0.2, -0.15) is 0 Å². The summed E-state index contributed by atoms with van der Waals surface area (Å²) in [5.74, 6) is 3.04. The average Bonchev–Trinajstić information content (AvgIpc) is 2.96. The summed E-state index contributed by atoms with van der Waals surface area (Å²) >= 11 is 3.44. The van der Waals surface area contributed by atoms with Crippen LogP contribution in [0.15, 0.2) is 21.6 Å². The van der Waals surface area contributed by atoms with Crippen molar-refractivity contribution >= 4 is 43.6 Å². The van der Waals surface area contributed by atoms with E-state index in [-0.39, 0.29) is 23.0 Å². The second kappa shape index (κ2) is 7.26. The standard InChI is InChI=1S/C22H29BrN4O2S/c1-27-15(5-16-17(10-26-21(24)25)20(28)18(23)6-19(16)27)11-30(29)22-7-12-2-13(8-22)4-14(3-12)9-22/h5-6,12-14,28H,2-4,7-11H2,1H3,(H4,24,25,26). The zero-order valence-electron chi connectivity index (χ0n) is 17.2. The smallest absolute Gasteiger partial charge is 0.186 e. The summed E-state index contributed by atoms with van der Waals surface area (Å²) < 4.78 is 16.4. The molecular formula is C22H29BrN4O2S. The minimum absolute atomic E-state index is 0.00898. The molecule has 162 valence electrons. The number of aliphatic imine (C=N–C) groups is 1. The fourth-order valence-corrected chi connectivity index (χ4v) is 9.19. The Hall–Kier alpha value is -1.54. The lowest BCUT2D eigenvalue weighted by Gasteiger charge is -2.56. The van der Waals surface area contributed by atoms with Gasteiger partial charge in [0.05, 0.1) is 16.8 Å². The molecule has 1 aromatic carbocycles. The summed E-state index contributed by atoms with van der Waals surface area (Å²) in [5.41, 5.74) is 13.7. The van der Waals surface area contributed by atoms with Crippen LogP contribution < -0.4 is 11.5 Å². The van der Waals surface area contributed by atoms with Gasteiger partial charge in [0, 0.05) is 44.8 Å². The summed E-state index contributed by atoms with van der Waals surface area (Å²) in [6.45, 7) is 0.200. The van der Waals surface area contributed by atoms with Crippen LogP contribution in [0.1, 0.15) is 49.8 Å². The number of nitrogens with zero attached hydrogens (tertiary/aromatic N) is 2. The lowest BCUT2D eigenvalue weighted by atomic mass is 9.56. The summed E-state index contributed by atoms with van der Waals surface area (Å²) in [4.78, 5) is 4.10. The number of fused-ring (bicyclic) bond motifs is 1. The third-order valence-corrected chi connectivity index (χ3v) is 10.3. The van der Waals surface area contributed by atoms with Crippen LogP contribution in [0.5, 0.6) is 5.75 Å². The fourth-order valence-electron chi connectivity index (χ4n) is 6.62. The number of phenols is 1. The number of phenolic OH excluding ortho intramolecular Hbond substituents is 1. The molecule has 4 aliphatic carbocycles. The van der Waals surface area contributed by atoms with E-state index in [0.29, 0.717) is 15.8 Å². The minimum Gasteiger partial charge on any atom is -0.506 e. The highest BCUT2D eigenvalue weighted by Crippen LogP contribution is 2.58. The normalized spacial score (nSPS) is 30.7. The molecule has 0 radical (unpaired) electrons. The van der Waals surface area contributed by atoms with Crippen LogP contribution in [0.25, 0.3) is 10.9 Å². The van der Waals surface area contributed by atoms with Gasteiger partial charge in [-0.15, -0.1) is 0 Å². The van der Waals surface area contributed by atoms with E-state index in [1.165, 1.54) is 19.3 Å². The first-order valence-corrected chi connectivity index (χ1v) is 12.8. The van der Waals surface area contributed by atoms with Gasteiger partial charge in [0.25, 0.3) is 0 Å². The van der Waals surface area contributed by atoms with Crippen molar-refractivity contribution in [3.63, 3.8) is 0 Å². The van der Waals surface area contributed by atoms with Gasteiger partial charge in [-0.25, -0.2) is 4.99 Å². The number of guanidine groups is 1. The van der Waals surface area contributed by atoms with E-state index < -0.39 is 10.8 Å². The van der Waals surface area contributed by atoms with Crippen molar-refractivity contribution in [2.45, 2.75) is 55.6 Å². The summed E-state index contributed by atoms with van der Waals surface area (Å²) in [6, 6.07) is 3.96. The minimum atomic E-state index is -0.904. The molecular weight excluding hydrogens is 464 g/mol. The van der Waals surface area contributed by atoms with Crippen LogP contribution in [0.2, 0.25) is 0 Å². The topological polar surface area (TPSA) is 107 Å². The molecule has 0 amide bonds. The van der Waals surface area contributed by atoms with E-state index >= 15 is 0 Å². The molecule has 0 aliphatic heterocycles. The molecule has 6 nitrogen and oxygen atoms in total. The summed E-state index contributed by atoms with van der Waals surface area (Å²) in [5, 5.41) is 11.5. The maximum Gasteiger partial charge on any atom is 0.186 e. The monoisotopic (exact) mass is 492 g/mol. The maximum absolute atomic E-state index is 13.7. The van der Waals surface area contributed by atoms with E-state index in [2.05, 4.69) is 31.6 Å². The van der Waals surface area contributed by atoms with Crippen LogP contribution in [-0.4, -0.2) is 24.6 Å². The van der Waals surface area contributed by atoms with Gasteiger partial charge in [0.2, 0.25) is 0 Å². The molecule has 1 atom stereocenters. The molecule has 4 aliphatic rings. The fraction of sp³-hybridized carbons (Fsp3) is 0.591. The Morgan fingerprint density at radius 1 is 1.23 bits per heavy atom. The highest BCUT2D eigenvalue weighted by Gasteiger charge is 2.53. The number of hydrogen-bond donors (Lipinski definition) is 3. The molecule has 1 heterocycles. The van der Waals surface area contributed by atoms with E-state index in [1.807, 2.05) is 13.1 Å². The first kappa shape index (κ1) is 20.4. The lowest BCUT2D eigenvalue weighted by molar-refractivity contribution is 0.0360. The van der Waals surface area contributed by atoms with Crippen LogP contribution in [0, 0.1) is 17.8 Å². The lowest BCUT2D eigenvalue weighted by Crippen LogP contribution is -2.53. The molecule has 4 fully saturated rings. The molecule has 1 unspecified atom stereocenters. The van der Waals surface area contributed by atoms with Crippen LogP contribution in [0.4, 0.5) is 0 Å². The number of nitrogens with two attached hydrogens (primary N) is 2. The van der Waals surface area contributed by atoms with E-state index in [4.69, 9.17) is 11.5 Å². The van der Waals surface area contributed by atoms with Crippen molar-refractivity contribution < 1.29 is 9.32 Å². The molecule has 4 bridgehead atoms. The molecule has 4 saturated carbocycles. The second-order valence-electron chi connectivity index (χ2n) is 9.64. The van der Waals surface area contributed by atoms with Gasteiger partial charge in [0.1, 0.15) is 5.75 Å². The Balaban J connectivity index is 1.49. The van der Waals surface area contributed by atoms with Crippen molar-refractivity contribution in [2.24, 2.45) is 41.3 Å². The highest BCUT2D eigenvalue weighted by molar-refractivity contribution is 9.10. The van der Waals surface area contributed by atoms with E-state index in [1.54, 1.807) is 0 Å². The largest absolute Gasteiger partial charge is 0.506 e. The van der Waals surface area contributed by atoms with Gasteiger partial charge in [-0.05, 0) is 84.3 Å². The number of halogens is 1. The Bertz CT molecular complexity index is 1040. The van der Waals surface area contributed by atoms with Crippen molar-refractivity contribution in [3.8, 4) is 5.75 Å². The average molecular weight is 493 g/mol. The van der Waals surface area contributed by atoms with Crippen LogP contribution in [-0.2, 0) is 30.1 Å². The zero-order valence-corrected chi connectivity index (χ0v) is 19.6. The van der Waals surface area contributed by atoms with Gasteiger partial charge in [0.15, 0.2) is 5.96 Å². The first-order valence-electron chi connectivity index (χ1n) is 10.7. The Kier molecular flexibility index (Phi) is 4.93. The van der Waals surface area contributed by atoms with Gasteiger partial charge >= 0.3 is 0 Å². The quantitative estimate of drug-likeness (QED) is 0.437. The summed E-state index contributed by atoms with van der Waals surface area (Å²) in [6.07, 6.45) is 7.47. The third-order valence-electron chi connectivity index (χ3n) is 7.64. The molecule has 6 rings (SSSR count). The first-order chi connectivity index (χ1) is 14.3. The zero-order chi connectivity index (χ0) is 21.2. The van der Waals surface area contributed by atoms with Crippen molar-refractivity contribution in [2.75, 3.05) is 0 Å². The Morgan fingerprint density at radius 3 is 2.40 bits per heavy atom. The molecule has 0 saturated heterocycles. The van der Waals surface area contributed by atoms with E-state index in [9.17, 15) is 9.32 Å². The van der Waals surface area contributed by atoms with E-state index in [0.717, 1.165) is 53.6 Å². The van der Waals surface area contributed by atoms with Gasteiger partial charge in [-0.3, -0.25) is 4.21 Å². The number of aromatic nitrogens is 1. The predicted octanol–water partition coefficient (Wildman–Crippen LogP) is 3.64. The predicted molar refractivity (Wildman–Crippen MR) is 125 cm³/mol. The van der Waals surface area contributed by atoms with Gasteiger partial charge in [-0.1, -0.05) is 0 Å². The van der Waals surface area contributed by atoms with Crippen molar-refractivity contribution in [3.05, 3.63) is 27.9 Å². The molecule has 1 aromatic heterocycles. The van der Waals surface area contributed by atoms with Crippen molar-refractivity contribution in [1.29, 1.82) is 0 Å². The highest BCUT2D eigenvalue weighted by atomic mass is 79.9. The number of hydrogen-bond acceptors (Lipinski definition) is 3. The molecule has 30 heavy (non-hydrogen) atoms. The molecule has 5 N–H and O–H groups in total. The number of aromatic hydroxyl groups is 1.